The molecule has 0 bridgehead atoms. The Hall–Kier alpha value is -3.64. The van der Waals surface area contributed by atoms with E-state index in [9.17, 15) is 4.79 Å². The Kier molecular flexibility index (Phi) is 5.72. The van der Waals surface area contributed by atoms with Crippen LogP contribution in [0.3, 0.4) is 0 Å². The predicted molar refractivity (Wildman–Crippen MR) is 131 cm³/mol. The van der Waals surface area contributed by atoms with E-state index in [1.54, 1.807) is 31.3 Å². The van der Waals surface area contributed by atoms with Gasteiger partial charge in [-0.05, 0) is 50.6 Å². The largest absolute Gasteiger partial charge is 0.455 e. The fourth-order valence-corrected chi connectivity index (χ4v) is 3.91. The van der Waals surface area contributed by atoms with Crippen LogP contribution in [0, 0.1) is 19.3 Å². The standard InChI is InChI=1S/C25H23ClN4O2/c1-13-8-19(15(3)30-18-6-7-22(26)29-12-18)25-20(9-13)23(31)14(2)24(32-25)16-4-5-17(11-27)21(28)10-16/h4-12,15,27,30H,28H2,1-3H3. The molecule has 1 atom stereocenters. The number of nitrogens with two attached hydrogens (primary N) is 1. The van der Waals surface area contributed by atoms with E-state index in [0.29, 0.717) is 44.3 Å². The number of nitrogens with zero attached hydrogens (tertiary/aromatic N) is 1. The molecule has 0 aliphatic carbocycles. The second-order valence-electron chi connectivity index (χ2n) is 7.84. The average molecular weight is 447 g/mol. The molecule has 2 aromatic heterocycles. The number of fused-ring (bicyclic) bond motifs is 1. The highest BCUT2D eigenvalue weighted by Crippen LogP contribution is 2.33. The Bertz CT molecular complexity index is 1390. The smallest absolute Gasteiger partial charge is 0.196 e. The second kappa shape index (κ2) is 8.48. The SMILES string of the molecule is Cc1cc(C(C)Nc2ccc(Cl)nc2)c2oc(-c3ccc(C=N)c(N)c3)c(C)c(=O)c2c1. The van der Waals surface area contributed by atoms with Crippen LogP contribution in [-0.4, -0.2) is 11.2 Å². The minimum Gasteiger partial charge on any atom is -0.455 e. The second-order valence-corrected chi connectivity index (χ2v) is 8.23. The van der Waals surface area contributed by atoms with Crippen molar-refractivity contribution in [2.45, 2.75) is 26.8 Å². The van der Waals surface area contributed by atoms with Gasteiger partial charge in [0.15, 0.2) is 5.43 Å². The number of halogens is 1. The number of pyridine rings is 1. The third-order valence-corrected chi connectivity index (χ3v) is 5.70. The highest BCUT2D eigenvalue weighted by molar-refractivity contribution is 6.29. The highest BCUT2D eigenvalue weighted by atomic mass is 35.5. The molecule has 0 radical (unpaired) electrons. The zero-order valence-corrected chi connectivity index (χ0v) is 18.7. The number of nitrogen functional groups attached to an aromatic ring is 1. The molecule has 2 aromatic carbocycles. The fraction of sp³-hybridized carbons (Fsp3) is 0.160. The summed E-state index contributed by atoms with van der Waals surface area (Å²) in [6, 6.07) is 12.6. The minimum atomic E-state index is -0.163. The van der Waals surface area contributed by atoms with Gasteiger partial charge in [-0.1, -0.05) is 29.8 Å². The van der Waals surface area contributed by atoms with E-state index in [1.165, 1.54) is 6.21 Å². The van der Waals surface area contributed by atoms with Crippen LogP contribution >= 0.6 is 11.6 Å². The summed E-state index contributed by atoms with van der Waals surface area (Å²) in [6.07, 6.45) is 2.86. The van der Waals surface area contributed by atoms with Crippen molar-refractivity contribution in [1.29, 1.82) is 5.41 Å². The summed E-state index contributed by atoms with van der Waals surface area (Å²) in [6.45, 7) is 5.71. The van der Waals surface area contributed by atoms with Crippen molar-refractivity contribution in [3.05, 3.63) is 86.3 Å². The van der Waals surface area contributed by atoms with E-state index in [2.05, 4.69) is 10.3 Å². The Morgan fingerprint density at radius 3 is 2.62 bits per heavy atom. The number of aromatic nitrogens is 1. The van der Waals surface area contributed by atoms with Gasteiger partial charge in [-0.3, -0.25) is 4.79 Å². The lowest BCUT2D eigenvalue weighted by molar-refractivity contribution is 0.605. The number of hydrogen-bond acceptors (Lipinski definition) is 6. The van der Waals surface area contributed by atoms with Crippen LogP contribution in [0.1, 0.15) is 35.2 Å². The van der Waals surface area contributed by atoms with Crippen LogP contribution in [-0.2, 0) is 0 Å². The van der Waals surface area contributed by atoms with E-state index >= 15 is 0 Å². The van der Waals surface area contributed by atoms with E-state index in [0.717, 1.165) is 16.8 Å². The van der Waals surface area contributed by atoms with Gasteiger partial charge in [0.1, 0.15) is 16.5 Å². The number of hydrogen-bond donors (Lipinski definition) is 3. The maximum atomic E-state index is 13.3. The lowest BCUT2D eigenvalue weighted by Gasteiger charge is -2.19. The zero-order chi connectivity index (χ0) is 23.0. The van der Waals surface area contributed by atoms with Crippen LogP contribution in [0.2, 0.25) is 5.15 Å². The first kappa shape index (κ1) is 21.6. The summed E-state index contributed by atoms with van der Waals surface area (Å²) in [5, 5.41) is 11.8. The number of anilines is 2. The molecule has 4 rings (SSSR count). The molecule has 0 saturated carbocycles. The molecular formula is C25H23ClN4O2. The Morgan fingerprint density at radius 1 is 1.19 bits per heavy atom. The molecule has 0 fully saturated rings. The highest BCUT2D eigenvalue weighted by Gasteiger charge is 2.19. The van der Waals surface area contributed by atoms with Gasteiger partial charge in [0.2, 0.25) is 0 Å². The first-order chi connectivity index (χ1) is 15.3. The number of benzene rings is 2. The van der Waals surface area contributed by atoms with Crippen molar-refractivity contribution < 1.29 is 4.42 Å². The van der Waals surface area contributed by atoms with Crippen molar-refractivity contribution in [3.63, 3.8) is 0 Å². The number of nitrogens with one attached hydrogen (secondary N) is 2. The minimum absolute atomic E-state index is 0.0822. The van der Waals surface area contributed by atoms with Gasteiger partial charge >= 0.3 is 0 Å². The lowest BCUT2D eigenvalue weighted by Crippen LogP contribution is -2.12. The molecule has 32 heavy (non-hydrogen) atoms. The maximum Gasteiger partial charge on any atom is 0.196 e. The molecule has 0 spiro atoms. The number of aryl methyl sites for hydroxylation is 1. The molecule has 2 heterocycles. The third-order valence-electron chi connectivity index (χ3n) is 5.47. The van der Waals surface area contributed by atoms with Gasteiger partial charge in [0.25, 0.3) is 0 Å². The van der Waals surface area contributed by atoms with Crippen molar-refractivity contribution in [3.8, 4) is 11.3 Å². The van der Waals surface area contributed by atoms with Crippen LogP contribution in [0.15, 0.2) is 57.9 Å². The Labute approximate surface area is 190 Å². The molecule has 4 aromatic rings. The van der Waals surface area contributed by atoms with E-state index in [1.807, 2.05) is 38.1 Å². The summed E-state index contributed by atoms with van der Waals surface area (Å²) >= 11 is 5.89. The molecule has 6 nitrogen and oxygen atoms in total. The molecular weight excluding hydrogens is 424 g/mol. The molecule has 0 aliphatic rings. The van der Waals surface area contributed by atoms with Crippen LogP contribution < -0.4 is 16.5 Å². The van der Waals surface area contributed by atoms with Crippen LogP contribution in [0.5, 0.6) is 0 Å². The first-order valence-corrected chi connectivity index (χ1v) is 10.5. The van der Waals surface area contributed by atoms with Crippen LogP contribution in [0.25, 0.3) is 22.3 Å². The summed E-state index contributed by atoms with van der Waals surface area (Å²) < 4.78 is 6.36. The topological polar surface area (TPSA) is 105 Å². The van der Waals surface area contributed by atoms with Gasteiger partial charge in [0.05, 0.1) is 23.3 Å². The zero-order valence-electron chi connectivity index (χ0n) is 18.0. The predicted octanol–water partition coefficient (Wildman–Crippen LogP) is 5.88. The fourth-order valence-electron chi connectivity index (χ4n) is 3.80. The average Bonchev–Trinajstić information content (AvgIpc) is 2.77. The van der Waals surface area contributed by atoms with Crippen molar-refractivity contribution >= 4 is 40.2 Å². The first-order valence-electron chi connectivity index (χ1n) is 10.1. The molecule has 1 unspecified atom stereocenters. The third kappa shape index (κ3) is 3.97. The Morgan fingerprint density at radius 2 is 1.97 bits per heavy atom. The van der Waals surface area contributed by atoms with Crippen LogP contribution in [0.4, 0.5) is 11.4 Å². The molecule has 0 aliphatic heterocycles. The van der Waals surface area contributed by atoms with Gasteiger partial charge in [0, 0.05) is 34.2 Å². The van der Waals surface area contributed by atoms with E-state index in [4.69, 9.17) is 27.2 Å². The van der Waals surface area contributed by atoms with Gasteiger partial charge < -0.3 is 20.9 Å². The molecule has 0 amide bonds. The molecule has 0 saturated heterocycles. The van der Waals surface area contributed by atoms with Crippen molar-refractivity contribution in [2.24, 2.45) is 0 Å². The van der Waals surface area contributed by atoms with Crippen molar-refractivity contribution in [1.82, 2.24) is 4.98 Å². The van der Waals surface area contributed by atoms with E-state index < -0.39 is 0 Å². The monoisotopic (exact) mass is 446 g/mol. The molecule has 4 N–H and O–H groups in total. The summed E-state index contributed by atoms with van der Waals surface area (Å²) in [5.74, 6) is 0.469. The van der Waals surface area contributed by atoms with Crippen molar-refractivity contribution in [2.75, 3.05) is 11.1 Å². The molecule has 162 valence electrons. The van der Waals surface area contributed by atoms with Gasteiger partial charge in [-0.2, -0.15) is 0 Å². The summed E-state index contributed by atoms with van der Waals surface area (Å²) in [4.78, 5) is 17.4. The molecule has 7 heteroatoms. The number of rotatable bonds is 5. The maximum absolute atomic E-state index is 13.3. The quantitative estimate of drug-likeness (QED) is 0.202. The van der Waals surface area contributed by atoms with Gasteiger partial charge in [-0.15, -0.1) is 0 Å². The normalized spacial score (nSPS) is 12.0. The van der Waals surface area contributed by atoms with E-state index in [-0.39, 0.29) is 11.5 Å². The lowest BCUT2D eigenvalue weighted by atomic mass is 9.98. The van der Waals surface area contributed by atoms with Gasteiger partial charge in [-0.25, -0.2) is 4.98 Å². The Balaban J connectivity index is 1.88. The summed E-state index contributed by atoms with van der Waals surface area (Å²) in [5.41, 5.74) is 11.4. The summed E-state index contributed by atoms with van der Waals surface area (Å²) in [7, 11) is 0.